The molecule has 6 nitrogen and oxygen atoms in total. The third-order valence-electron chi connectivity index (χ3n) is 3.57. The number of thioether (sulfide) groups is 1. The fourth-order valence-corrected chi connectivity index (χ4v) is 3.41. The largest absolute Gasteiger partial charge is 0.489 e. The van der Waals surface area contributed by atoms with Crippen molar-refractivity contribution in [3.05, 3.63) is 47.0 Å². The van der Waals surface area contributed by atoms with Crippen molar-refractivity contribution < 1.29 is 19.1 Å². The highest BCUT2D eigenvalue weighted by Gasteiger charge is 2.19. The maximum absolute atomic E-state index is 12.7. The van der Waals surface area contributed by atoms with Crippen molar-refractivity contribution in [1.82, 2.24) is 0 Å². The highest BCUT2D eigenvalue weighted by Crippen LogP contribution is 2.38. The van der Waals surface area contributed by atoms with E-state index in [-0.39, 0.29) is 11.7 Å². The molecule has 2 amide bonds. The van der Waals surface area contributed by atoms with Crippen LogP contribution in [0.5, 0.6) is 11.5 Å². The quantitative estimate of drug-likeness (QED) is 0.761. The highest BCUT2D eigenvalue weighted by atomic mass is 35.5. The summed E-state index contributed by atoms with van der Waals surface area (Å²) in [6.07, 6.45) is 0.747. The molecule has 0 bridgehead atoms. The van der Waals surface area contributed by atoms with Crippen LogP contribution in [0.15, 0.2) is 41.3 Å². The maximum Gasteiger partial charge on any atom is 0.255 e. The third kappa shape index (κ3) is 4.42. The molecule has 136 valence electrons. The van der Waals surface area contributed by atoms with Crippen molar-refractivity contribution in [3.63, 3.8) is 0 Å². The summed E-state index contributed by atoms with van der Waals surface area (Å²) in [5.74, 6) is 0.276. The topological polar surface area (TPSA) is 90.7 Å². The van der Waals surface area contributed by atoms with Crippen LogP contribution in [0.25, 0.3) is 0 Å². The smallest absolute Gasteiger partial charge is 0.255 e. The van der Waals surface area contributed by atoms with Crippen LogP contribution in [0.4, 0.5) is 5.69 Å². The normalized spacial score (nSPS) is 13.0. The van der Waals surface area contributed by atoms with Crippen molar-refractivity contribution in [2.75, 3.05) is 24.3 Å². The van der Waals surface area contributed by atoms with Gasteiger partial charge in [-0.2, -0.15) is 0 Å². The number of carbonyl (C=O) groups is 2. The number of ether oxygens (including phenoxy) is 2. The van der Waals surface area contributed by atoms with Crippen LogP contribution in [0.1, 0.15) is 16.8 Å². The minimum Gasteiger partial charge on any atom is -0.489 e. The fourth-order valence-electron chi connectivity index (χ4n) is 2.40. The lowest BCUT2D eigenvalue weighted by Gasteiger charge is -2.13. The average Bonchev–Trinajstić information content (AvgIpc) is 2.86. The first-order valence-electron chi connectivity index (χ1n) is 7.95. The summed E-state index contributed by atoms with van der Waals surface area (Å²) >= 11 is 7.50. The van der Waals surface area contributed by atoms with Crippen LogP contribution in [0, 0.1) is 0 Å². The molecule has 0 saturated heterocycles. The van der Waals surface area contributed by atoms with E-state index in [1.807, 2.05) is 12.1 Å². The van der Waals surface area contributed by atoms with Crippen LogP contribution in [-0.2, 0) is 4.79 Å². The van der Waals surface area contributed by atoms with Crippen LogP contribution in [0.2, 0.25) is 5.02 Å². The number of carbonyl (C=O) groups excluding carboxylic acids is 2. The molecule has 0 radical (unpaired) electrons. The van der Waals surface area contributed by atoms with E-state index in [1.165, 1.54) is 11.8 Å². The van der Waals surface area contributed by atoms with Gasteiger partial charge in [0.05, 0.1) is 29.7 Å². The predicted molar refractivity (Wildman–Crippen MR) is 101 cm³/mol. The SMILES string of the molecule is NC(=O)CSc1ccccc1NC(=O)c1cc(Cl)c2c(c1)OCCCO2. The van der Waals surface area contributed by atoms with Gasteiger partial charge < -0.3 is 20.5 Å². The number of primary amides is 1. The molecular weight excluding hydrogens is 376 g/mol. The number of hydrogen-bond acceptors (Lipinski definition) is 5. The number of fused-ring (bicyclic) bond motifs is 1. The number of anilines is 1. The van der Waals surface area contributed by atoms with Gasteiger partial charge in [-0.25, -0.2) is 0 Å². The van der Waals surface area contributed by atoms with Crippen molar-refractivity contribution in [2.45, 2.75) is 11.3 Å². The van der Waals surface area contributed by atoms with Crippen molar-refractivity contribution >= 4 is 40.9 Å². The zero-order valence-corrected chi connectivity index (χ0v) is 15.4. The Balaban J connectivity index is 1.82. The summed E-state index contributed by atoms with van der Waals surface area (Å²) in [5, 5.41) is 3.16. The lowest BCUT2D eigenvalue weighted by molar-refractivity contribution is -0.115. The van der Waals surface area contributed by atoms with Crippen molar-refractivity contribution in [2.24, 2.45) is 5.73 Å². The van der Waals surface area contributed by atoms with Gasteiger partial charge in [-0.1, -0.05) is 23.7 Å². The average molecular weight is 393 g/mol. The number of hydrogen-bond donors (Lipinski definition) is 2. The zero-order chi connectivity index (χ0) is 18.5. The van der Waals surface area contributed by atoms with E-state index in [0.717, 1.165) is 11.3 Å². The molecule has 0 unspecified atom stereocenters. The summed E-state index contributed by atoms with van der Waals surface area (Å²) < 4.78 is 11.2. The van der Waals surface area contributed by atoms with E-state index < -0.39 is 5.91 Å². The van der Waals surface area contributed by atoms with Gasteiger partial charge in [-0.05, 0) is 24.3 Å². The Morgan fingerprint density at radius 2 is 1.96 bits per heavy atom. The van der Waals surface area contributed by atoms with Gasteiger partial charge in [-0.15, -0.1) is 11.8 Å². The minimum absolute atomic E-state index is 0.128. The summed E-state index contributed by atoms with van der Waals surface area (Å²) in [6, 6.07) is 10.3. The van der Waals surface area contributed by atoms with E-state index in [1.54, 1.807) is 24.3 Å². The third-order valence-corrected chi connectivity index (χ3v) is 4.95. The van der Waals surface area contributed by atoms with Gasteiger partial charge in [0.2, 0.25) is 5.91 Å². The molecule has 3 N–H and O–H groups in total. The Morgan fingerprint density at radius 3 is 2.77 bits per heavy atom. The predicted octanol–water partition coefficient (Wildman–Crippen LogP) is 3.33. The monoisotopic (exact) mass is 392 g/mol. The first-order chi connectivity index (χ1) is 12.5. The van der Waals surface area contributed by atoms with Gasteiger partial charge >= 0.3 is 0 Å². The number of nitrogens with two attached hydrogens (primary N) is 1. The van der Waals surface area contributed by atoms with Crippen LogP contribution >= 0.6 is 23.4 Å². The zero-order valence-electron chi connectivity index (χ0n) is 13.8. The van der Waals surface area contributed by atoms with Crippen LogP contribution in [-0.4, -0.2) is 30.8 Å². The highest BCUT2D eigenvalue weighted by molar-refractivity contribution is 8.00. The first kappa shape index (κ1) is 18.4. The molecule has 1 aliphatic rings. The Kier molecular flexibility index (Phi) is 5.90. The van der Waals surface area contributed by atoms with E-state index in [2.05, 4.69) is 5.32 Å². The molecule has 8 heteroatoms. The number of benzene rings is 2. The summed E-state index contributed by atoms with van der Waals surface area (Å²) in [7, 11) is 0. The number of amides is 2. The molecule has 3 rings (SSSR count). The van der Waals surface area contributed by atoms with Crippen LogP contribution < -0.4 is 20.5 Å². The molecule has 0 fully saturated rings. The summed E-state index contributed by atoms with van der Waals surface area (Å²) in [6.45, 7) is 1.02. The molecule has 2 aromatic rings. The van der Waals surface area contributed by atoms with Gasteiger partial charge in [0.25, 0.3) is 5.91 Å². The van der Waals surface area contributed by atoms with E-state index in [9.17, 15) is 9.59 Å². The van der Waals surface area contributed by atoms with E-state index in [4.69, 9.17) is 26.8 Å². The second-order valence-electron chi connectivity index (χ2n) is 5.54. The number of rotatable bonds is 5. The van der Waals surface area contributed by atoms with Crippen LogP contribution in [0.3, 0.4) is 0 Å². The minimum atomic E-state index is -0.425. The number of para-hydroxylation sites is 1. The van der Waals surface area contributed by atoms with Gasteiger partial charge in [0.1, 0.15) is 0 Å². The van der Waals surface area contributed by atoms with Crippen molar-refractivity contribution in [3.8, 4) is 11.5 Å². The molecule has 1 heterocycles. The lowest BCUT2D eigenvalue weighted by Crippen LogP contribution is -2.15. The van der Waals surface area contributed by atoms with Gasteiger partial charge in [0, 0.05) is 16.9 Å². The summed E-state index contributed by atoms with van der Waals surface area (Å²) in [4.78, 5) is 24.4. The summed E-state index contributed by atoms with van der Waals surface area (Å²) in [5.41, 5.74) is 6.13. The Bertz CT molecular complexity index is 844. The molecule has 0 spiro atoms. The number of halogens is 1. The van der Waals surface area contributed by atoms with E-state index in [0.29, 0.717) is 41.0 Å². The second-order valence-corrected chi connectivity index (χ2v) is 6.97. The second kappa shape index (κ2) is 8.33. The Hall–Kier alpha value is -2.38. The van der Waals surface area contributed by atoms with Gasteiger partial charge in [-0.3, -0.25) is 9.59 Å². The van der Waals surface area contributed by atoms with E-state index >= 15 is 0 Å². The Labute approximate surface area is 160 Å². The first-order valence-corrected chi connectivity index (χ1v) is 9.31. The molecule has 0 aliphatic carbocycles. The fraction of sp³-hybridized carbons (Fsp3) is 0.222. The van der Waals surface area contributed by atoms with Crippen molar-refractivity contribution in [1.29, 1.82) is 0 Å². The number of nitrogens with one attached hydrogen (secondary N) is 1. The molecule has 0 atom stereocenters. The standard InChI is InChI=1S/C18H17ClN2O4S/c19-12-8-11(9-14-17(12)25-7-3-6-24-14)18(23)21-13-4-1-2-5-15(13)26-10-16(20)22/h1-2,4-5,8-9H,3,6-7,10H2,(H2,20,22)(H,21,23). The maximum atomic E-state index is 12.7. The molecular formula is C18H17ClN2O4S. The molecule has 0 aromatic heterocycles. The molecule has 1 aliphatic heterocycles. The molecule has 2 aromatic carbocycles. The Morgan fingerprint density at radius 1 is 1.19 bits per heavy atom. The lowest BCUT2D eigenvalue weighted by atomic mass is 10.1. The molecule has 26 heavy (non-hydrogen) atoms. The molecule has 0 saturated carbocycles. The van der Waals surface area contributed by atoms with Gasteiger partial charge in [0.15, 0.2) is 11.5 Å².